The van der Waals surface area contributed by atoms with Crippen LogP contribution < -0.4 is 5.32 Å². The van der Waals surface area contributed by atoms with Crippen molar-refractivity contribution >= 4 is 22.8 Å². The van der Waals surface area contributed by atoms with Crippen LogP contribution in [-0.2, 0) is 11.8 Å². The molecular formula is C14H15N5O2. The Hall–Kier alpha value is -2.83. The fourth-order valence-electron chi connectivity index (χ4n) is 2.29. The highest BCUT2D eigenvalue weighted by Crippen LogP contribution is 2.29. The van der Waals surface area contributed by atoms with Crippen molar-refractivity contribution in [2.45, 2.75) is 0 Å². The van der Waals surface area contributed by atoms with E-state index in [4.69, 9.17) is 4.74 Å². The van der Waals surface area contributed by atoms with Gasteiger partial charge in [0.1, 0.15) is 5.82 Å². The lowest BCUT2D eigenvalue weighted by Crippen LogP contribution is -2.12. The van der Waals surface area contributed by atoms with E-state index in [0.717, 1.165) is 22.2 Å². The van der Waals surface area contributed by atoms with Gasteiger partial charge in [-0.1, -0.05) is 0 Å². The zero-order chi connectivity index (χ0) is 15.0. The van der Waals surface area contributed by atoms with Gasteiger partial charge >= 0.3 is 6.09 Å². The average Bonchev–Trinajstić information content (AvgIpc) is 3.08. The van der Waals surface area contributed by atoms with E-state index >= 15 is 0 Å². The number of anilines is 1. The molecule has 3 heterocycles. The van der Waals surface area contributed by atoms with Crippen molar-refractivity contribution in [1.29, 1.82) is 0 Å². The molecule has 3 aromatic heterocycles. The summed E-state index contributed by atoms with van der Waals surface area (Å²) >= 11 is 0. The van der Waals surface area contributed by atoms with E-state index in [-0.39, 0.29) is 0 Å². The number of pyridine rings is 1. The molecule has 21 heavy (non-hydrogen) atoms. The molecule has 0 aliphatic carbocycles. The number of fused-ring (bicyclic) bond motifs is 1. The largest absolute Gasteiger partial charge is 0.452 e. The smallest absolute Gasteiger partial charge is 0.418 e. The minimum Gasteiger partial charge on any atom is -0.452 e. The Kier molecular flexibility index (Phi) is 3.09. The predicted molar refractivity (Wildman–Crippen MR) is 79.3 cm³/mol. The summed E-state index contributed by atoms with van der Waals surface area (Å²) < 4.78 is 8.11. The van der Waals surface area contributed by atoms with Crippen molar-refractivity contribution in [3.8, 4) is 11.3 Å². The predicted octanol–water partition coefficient (Wildman–Crippen LogP) is 2.09. The van der Waals surface area contributed by atoms with Gasteiger partial charge in [-0.15, -0.1) is 0 Å². The number of aromatic nitrogens is 4. The number of hydrogen-bond acceptors (Lipinski definition) is 5. The van der Waals surface area contributed by atoms with Crippen molar-refractivity contribution in [2.75, 3.05) is 19.5 Å². The van der Waals surface area contributed by atoms with E-state index in [2.05, 4.69) is 15.4 Å². The molecule has 3 aromatic rings. The fourth-order valence-corrected chi connectivity index (χ4v) is 2.29. The number of methoxy groups -OCH3 is 1. The Morgan fingerprint density at radius 3 is 2.76 bits per heavy atom. The number of rotatable bonds is 2. The summed E-state index contributed by atoms with van der Waals surface area (Å²) in [5.74, 6) is 0.684. The van der Waals surface area contributed by atoms with E-state index in [1.807, 2.05) is 25.4 Å². The van der Waals surface area contributed by atoms with E-state index in [0.29, 0.717) is 5.82 Å². The first-order valence-electron chi connectivity index (χ1n) is 6.40. The summed E-state index contributed by atoms with van der Waals surface area (Å²) in [4.78, 5) is 16.4. The Morgan fingerprint density at radius 2 is 2.14 bits per heavy atom. The molecule has 7 nitrogen and oxygen atoms in total. The van der Waals surface area contributed by atoms with E-state index in [1.54, 1.807) is 24.1 Å². The van der Waals surface area contributed by atoms with Gasteiger partial charge in [0, 0.05) is 43.5 Å². The van der Waals surface area contributed by atoms with Gasteiger partial charge in [-0.25, -0.2) is 14.3 Å². The molecule has 0 saturated heterocycles. The van der Waals surface area contributed by atoms with Crippen molar-refractivity contribution in [3.63, 3.8) is 0 Å². The van der Waals surface area contributed by atoms with Gasteiger partial charge in [0.25, 0.3) is 0 Å². The highest BCUT2D eigenvalue weighted by atomic mass is 16.5. The van der Waals surface area contributed by atoms with Crippen LogP contribution in [0, 0.1) is 0 Å². The minimum atomic E-state index is -0.447. The molecule has 0 radical (unpaired) electrons. The molecule has 0 aliphatic rings. The Bertz CT molecular complexity index is 818. The van der Waals surface area contributed by atoms with Crippen LogP contribution in [0.4, 0.5) is 10.6 Å². The molecule has 1 N–H and O–H groups in total. The standard InChI is InChI=1S/C14H15N5O2/c1-15-13-5-12-9(6-16-13)4-11(19(12)14(20)21-3)10-7-17-18(2)8-10/h4-8H,1-3H3,(H,15,16). The lowest BCUT2D eigenvalue weighted by Gasteiger charge is -2.07. The molecule has 7 heteroatoms. The normalized spacial score (nSPS) is 10.8. The van der Waals surface area contributed by atoms with Crippen molar-refractivity contribution in [2.24, 2.45) is 7.05 Å². The van der Waals surface area contributed by atoms with Crippen LogP contribution in [0.5, 0.6) is 0 Å². The molecule has 108 valence electrons. The SMILES string of the molecule is CNc1cc2c(cn1)cc(-c1cnn(C)c1)n2C(=O)OC. The first-order chi connectivity index (χ1) is 10.1. The van der Waals surface area contributed by atoms with Gasteiger partial charge in [-0.2, -0.15) is 5.10 Å². The summed E-state index contributed by atoms with van der Waals surface area (Å²) in [7, 11) is 4.97. The molecule has 3 rings (SSSR count). The summed E-state index contributed by atoms with van der Waals surface area (Å²) in [5, 5.41) is 7.97. The Morgan fingerprint density at radius 1 is 1.33 bits per heavy atom. The number of carbonyl (C=O) groups excluding carboxylic acids is 1. The van der Waals surface area contributed by atoms with Crippen LogP contribution in [0.3, 0.4) is 0 Å². The zero-order valence-corrected chi connectivity index (χ0v) is 12.0. The van der Waals surface area contributed by atoms with Crippen molar-refractivity contribution in [3.05, 3.63) is 30.7 Å². The summed E-state index contributed by atoms with van der Waals surface area (Å²) in [6, 6.07) is 3.71. The summed E-state index contributed by atoms with van der Waals surface area (Å²) in [6.45, 7) is 0. The van der Waals surface area contributed by atoms with Gasteiger partial charge in [0.2, 0.25) is 0 Å². The molecule has 0 aromatic carbocycles. The Labute approximate surface area is 121 Å². The fraction of sp³-hybridized carbons (Fsp3) is 0.214. The van der Waals surface area contributed by atoms with Crippen LogP contribution in [0.25, 0.3) is 22.2 Å². The van der Waals surface area contributed by atoms with Crippen LogP contribution in [0.2, 0.25) is 0 Å². The molecule has 0 fully saturated rings. The number of carbonyl (C=O) groups is 1. The minimum absolute atomic E-state index is 0.447. The van der Waals surface area contributed by atoms with Crippen LogP contribution >= 0.6 is 0 Å². The van der Waals surface area contributed by atoms with Crippen molar-refractivity contribution < 1.29 is 9.53 Å². The highest BCUT2D eigenvalue weighted by molar-refractivity contribution is 5.96. The molecular weight excluding hydrogens is 270 g/mol. The Balaban J connectivity index is 2.30. The van der Waals surface area contributed by atoms with E-state index in [9.17, 15) is 4.79 Å². The molecule has 0 atom stereocenters. The number of hydrogen-bond donors (Lipinski definition) is 1. The monoisotopic (exact) mass is 285 g/mol. The molecule has 0 amide bonds. The van der Waals surface area contributed by atoms with Gasteiger partial charge in [0.15, 0.2) is 0 Å². The second kappa shape index (κ2) is 4.93. The zero-order valence-electron chi connectivity index (χ0n) is 12.0. The highest BCUT2D eigenvalue weighted by Gasteiger charge is 2.18. The lowest BCUT2D eigenvalue weighted by atomic mass is 10.2. The topological polar surface area (TPSA) is 74.0 Å². The second-order valence-electron chi connectivity index (χ2n) is 4.62. The van der Waals surface area contributed by atoms with Gasteiger partial charge < -0.3 is 10.1 Å². The number of nitrogens with one attached hydrogen (secondary N) is 1. The molecule has 0 saturated carbocycles. The van der Waals surface area contributed by atoms with Gasteiger partial charge in [-0.05, 0) is 6.07 Å². The second-order valence-corrected chi connectivity index (χ2v) is 4.62. The quantitative estimate of drug-likeness (QED) is 0.780. The maximum absolute atomic E-state index is 12.2. The molecule has 0 unspecified atom stereocenters. The van der Waals surface area contributed by atoms with Crippen molar-refractivity contribution in [1.82, 2.24) is 19.3 Å². The molecule has 0 aliphatic heterocycles. The first kappa shape index (κ1) is 13.2. The van der Waals surface area contributed by atoms with Gasteiger partial charge in [-0.3, -0.25) is 4.68 Å². The summed E-state index contributed by atoms with van der Waals surface area (Å²) in [6.07, 6.45) is 4.83. The van der Waals surface area contributed by atoms with Gasteiger partial charge in [0.05, 0.1) is 24.5 Å². The summed E-state index contributed by atoms with van der Waals surface area (Å²) in [5.41, 5.74) is 2.30. The maximum atomic E-state index is 12.2. The third-order valence-corrected chi connectivity index (χ3v) is 3.30. The number of nitrogens with zero attached hydrogens (tertiary/aromatic N) is 4. The molecule has 0 spiro atoms. The lowest BCUT2D eigenvalue weighted by molar-refractivity contribution is 0.174. The van der Waals surface area contributed by atoms with E-state index < -0.39 is 6.09 Å². The van der Waals surface area contributed by atoms with E-state index in [1.165, 1.54) is 11.7 Å². The third-order valence-electron chi connectivity index (χ3n) is 3.30. The third kappa shape index (κ3) is 2.12. The first-order valence-corrected chi connectivity index (χ1v) is 6.40. The van der Waals surface area contributed by atoms with Crippen LogP contribution in [0.15, 0.2) is 30.7 Å². The number of ether oxygens (including phenoxy) is 1. The molecule has 0 bridgehead atoms. The van der Waals surface area contributed by atoms with Crippen LogP contribution in [-0.4, -0.2) is 39.6 Å². The van der Waals surface area contributed by atoms with Crippen LogP contribution in [0.1, 0.15) is 0 Å². The maximum Gasteiger partial charge on any atom is 0.418 e. The number of aryl methyl sites for hydroxylation is 1. The average molecular weight is 285 g/mol.